The number of rotatable bonds is 7. The van der Waals surface area contributed by atoms with Crippen LogP contribution in [0.15, 0.2) is 0 Å². The summed E-state index contributed by atoms with van der Waals surface area (Å²) < 4.78 is 10.4. The summed E-state index contributed by atoms with van der Waals surface area (Å²) in [5.74, 6) is 0.361. The minimum Gasteiger partial charge on any atom is -0.449 e. The predicted octanol–water partition coefficient (Wildman–Crippen LogP) is 1.93. The molecule has 2 aliphatic rings. The highest BCUT2D eigenvalue weighted by Gasteiger charge is 2.31. The number of aliphatic hydroxyl groups is 1. The molecule has 0 bridgehead atoms. The van der Waals surface area contributed by atoms with Crippen LogP contribution >= 0.6 is 0 Å². The van der Waals surface area contributed by atoms with Crippen molar-refractivity contribution < 1.29 is 24.2 Å². The molecule has 1 aliphatic heterocycles. The van der Waals surface area contributed by atoms with E-state index in [2.05, 4.69) is 10.6 Å². The van der Waals surface area contributed by atoms with Gasteiger partial charge in [-0.25, -0.2) is 4.79 Å². The largest absolute Gasteiger partial charge is 0.449 e. The Bertz CT molecular complexity index is 437. The molecule has 3 atom stereocenters. The van der Waals surface area contributed by atoms with Gasteiger partial charge in [-0.15, -0.1) is 0 Å². The van der Waals surface area contributed by atoms with Gasteiger partial charge in [-0.05, 0) is 37.5 Å². The molecule has 1 saturated heterocycles. The van der Waals surface area contributed by atoms with Gasteiger partial charge in [0.25, 0.3) is 0 Å². The summed E-state index contributed by atoms with van der Waals surface area (Å²) >= 11 is 0. The SMILES string of the molecule is CC(C)CC(NC(=O)OCC1CCCCC1)C(=O)N[C@H]1CCOC1O. The Balaban J connectivity index is 1.80. The van der Waals surface area contributed by atoms with E-state index in [4.69, 9.17) is 9.47 Å². The summed E-state index contributed by atoms with van der Waals surface area (Å²) in [5.41, 5.74) is 0. The molecule has 2 rings (SSSR count). The summed E-state index contributed by atoms with van der Waals surface area (Å²) in [5, 5.41) is 15.1. The first-order valence-corrected chi connectivity index (χ1v) is 9.49. The Morgan fingerprint density at radius 1 is 1.20 bits per heavy atom. The van der Waals surface area contributed by atoms with Crippen molar-refractivity contribution in [2.75, 3.05) is 13.2 Å². The zero-order valence-electron chi connectivity index (χ0n) is 15.3. The number of hydrogen-bond donors (Lipinski definition) is 3. The summed E-state index contributed by atoms with van der Waals surface area (Å²) in [6.07, 6.45) is 5.39. The van der Waals surface area contributed by atoms with E-state index in [1.165, 1.54) is 19.3 Å². The molecule has 1 heterocycles. The van der Waals surface area contributed by atoms with Crippen molar-refractivity contribution >= 4 is 12.0 Å². The molecular weight excluding hydrogens is 324 g/mol. The van der Waals surface area contributed by atoms with Crippen molar-refractivity contribution in [3.05, 3.63) is 0 Å². The average Bonchev–Trinajstić information content (AvgIpc) is 2.98. The first-order chi connectivity index (χ1) is 12.0. The highest BCUT2D eigenvalue weighted by Crippen LogP contribution is 2.23. The maximum Gasteiger partial charge on any atom is 0.407 e. The molecule has 2 amide bonds. The monoisotopic (exact) mass is 356 g/mol. The van der Waals surface area contributed by atoms with Gasteiger partial charge in [0.05, 0.1) is 19.3 Å². The lowest BCUT2D eigenvalue weighted by Gasteiger charge is -2.24. The Hall–Kier alpha value is -1.34. The van der Waals surface area contributed by atoms with Gasteiger partial charge in [-0.1, -0.05) is 33.1 Å². The van der Waals surface area contributed by atoms with Gasteiger partial charge in [0.2, 0.25) is 5.91 Å². The topological polar surface area (TPSA) is 96.9 Å². The summed E-state index contributed by atoms with van der Waals surface area (Å²) in [7, 11) is 0. The molecule has 0 aromatic rings. The van der Waals surface area contributed by atoms with Crippen molar-refractivity contribution in [1.82, 2.24) is 10.6 Å². The molecule has 3 N–H and O–H groups in total. The van der Waals surface area contributed by atoms with Crippen LogP contribution in [0.3, 0.4) is 0 Å². The molecule has 0 radical (unpaired) electrons. The van der Waals surface area contributed by atoms with Gasteiger partial charge in [-0.3, -0.25) is 4.79 Å². The van der Waals surface area contributed by atoms with Crippen LogP contribution in [0, 0.1) is 11.8 Å². The van der Waals surface area contributed by atoms with E-state index in [0.29, 0.717) is 32.0 Å². The maximum absolute atomic E-state index is 12.5. The van der Waals surface area contributed by atoms with E-state index in [-0.39, 0.29) is 11.8 Å². The highest BCUT2D eigenvalue weighted by atomic mass is 16.6. The molecule has 7 heteroatoms. The second-order valence-electron chi connectivity index (χ2n) is 7.59. The third kappa shape index (κ3) is 6.82. The van der Waals surface area contributed by atoms with E-state index in [1.54, 1.807) is 0 Å². The number of carbonyl (C=O) groups is 2. The van der Waals surface area contributed by atoms with E-state index in [9.17, 15) is 14.7 Å². The Morgan fingerprint density at radius 3 is 2.52 bits per heavy atom. The zero-order valence-corrected chi connectivity index (χ0v) is 15.3. The third-order valence-electron chi connectivity index (χ3n) is 4.88. The molecule has 0 spiro atoms. The van der Waals surface area contributed by atoms with Crippen molar-refractivity contribution in [2.24, 2.45) is 11.8 Å². The first-order valence-electron chi connectivity index (χ1n) is 9.49. The van der Waals surface area contributed by atoms with E-state index >= 15 is 0 Å². The van der Waals surface area contributed by atoms with Crippen LogP contribution in [0.4, 0.5) is 4.79 Å². The minimum absolute atomic E-state index is 0.235. The number of alkyl carbamates (subject to hydrolysis) is 1. The summed E-state index contributed by atoms with van der Waals surface area (Å²) in [6.45, 7) is 4.81. The van der Waals surface area contributed by atoms with Crippen LogP contribution in [0.1, 0.15) is 58.8 Å². The van der Waals surface area contributed by atoms with Crippen LogP contribution in [0.25, 0.3) is 0 Å². The molecule has 0 aromatic heterocycles. The Labute approximate surface area is 149 Å². The molecular formula is C18H32N2O5. The van der Waals surface area contributed by atoms with Crippen molar-refractivity contribution in [1.29, 1.82) is 0 Å². The number of carbonyl (C=O) groups excluding carboxylic acids is 2. The van der Waals surface area contributed by atoms with E-state index < -0.39 is 24.5 Å². The fraction of sp³-hybridized carbons (Fsp3) is 0.889. The quantitative estimate of drug-likeness (QED) is 0.648. The fourth-order valence-corrected chi connectivity index (χ4v) is 3.44. The zero-order chi connectivity index (χ0) is 18.2. The van der Waals surface area contributed by atoms with E-state index in [1.807, 2.05) is 13.8 Å². The van der Waals surface area contributed by atoms with Gasteiger partial charge in [0.15, 0.2) is 6.29 Å². The summed E-state index contributed by atoms with van der Waals surface area (Å²) in [4.78, 5) is 24.6. The molecule has 144 valence electrons. The standard InChI is InChI=1S/C18H32N2O5/c1-12(2)10-15(16(21)19-14-8-9-24-17(14)22)20-18(23)25-11-13-6-4-3-5-7-13/h12-15,17,22H,3-11H2,1-2H3,(H,19,21)(H,20,23)/t14-,15?,17?/m0/s1. The number of aliphatic hydroxyl groups excluding tert-OH is 1. The molecule has 2 unspecified atom stereocenters. The van der Waals surface area contributed by atoms with Crippen molar-refractivity contribution in [3.63, 3.8) is 0 Å². The Morgan fingerprint density at radius 2 is 1.92 bits per heavy atom. The lowest BCUT2D eigenvalue weighted by atomic mass is 9.90. The van der Waals surface area contributed by atoms with Crippen molar-refractivity contribution in [2.45, 2.75) is 77.2 Å². The lowest BCUT2D eigenvalue weighted by molar-refractivity contribution is -0.127. The third-order valence-corrected chi connectivity index (χ3v) is 4.88. The van der Waals surface area contributed by atoms with Gasteiger partial charge in [-0.2, -0.15) is 0 Å². The minimum atomic E-state index is -0.984. The fourth-order valence-electron chi connectivity index (χ4n) is 3.44. The molecule has 25 heavy (non-hydrogen) atoms. The predicted molar refractivity (Wildman–Crippen MR) is 92.8 cm³/mol. The van der Waals surface area contributed by atoms with Gasteiger partial charge in [0.1, 0.15) is 6.04 Å². The van der Waals surface area contributed by atoms with Crippen LogP contribution in [0.2, 0.25) is 0 Å². The normalized spacial score (nSPS) is 25.6. The number of ether oxygens (including phenoxy) is 2. The molecule has 2 fully saturated rings. The van der Waals surface area contributed by atoms with E-state index in [0.717, 1.165) is 12.8 Å². The van der Waals surface area contributed by atoms with Crippen LogP contribution in [0.5, 0.6) is 0 Å². The number of amides is 2. The second kappa shape index (κ2) is 9.97. The van der Waals surface area contributed by atoms with Gasteiger partial charge < -0.3 is 25.2 Å². The van der Waals surface area contributed by atoms with Gasteiger partial charge >= 0.3 is 6.09 Å². The maximum atomic E-state index is 12.5. The Kier molecular flexibility index (Phi) is 7.96. The number of nitrogens with one attached hydrogen (secondary N) is 2. The molecule has 7 nitrogen and oxygen atoms in total. The summed E-state index contributed by atoms with van der Waals surface area (Å²) in [6, 6.07) is -1.10. The smallest absolute Gasteiger partial charge is 0.407 e. The van der Waals surface area contributed by atoms with Gasteiger partial charge in [0, 0.05) is 0 Å². The second-order valence-corrected chi connectivity index (χ2v) is 7.59. The first kappa shape index (κ1) is 20.0. The highest BCUT2D eigenvalue weighted by molar-refractivity contribution is 5.85. The lowest BCUT2D eigenvalue weighted by Crippen LogP contribution is -2.52. The van der Waals surface area contributed by atoms with Crippen LogP contribution < -0.4 is 10.6 Å². The average molecular weight is 356 g/mol. The number of hydrogen-bond acceptors (Lipinski definition) is 5. The van der Waals surface area contributed by atoms with Crippen LogP contribution in [-0.2, 0) is 14.3 Å². The molecule has 1 aliphatic carbocycles. The van der Waals surface area contributed by atoms with Crippen LogP contribution in [-0.4, -0.2) is 48.7 Å². The molecule has 1 saturated carbocycles. The molecule has 0 aromatic carbocycles. The van der Waals surface area contributed by atoms with Crippen molar-refractivity contribution in [3.8, 4) is 0 Å².